The Kier molecular flexibility index (Phi) is 3.61. The summed E-state index contributed by atoms with van der Waals surface area (Å²) in [6.45, 7) is 1.94. The lowest BCUT2D eigenvalue weighted by atomic mass is 10.2. The standard InChI is InChI=1S/C13H13N3O3/c1-8-3-4-11(19-2)10(7-8)16-13-14-6-5-9(15-13)12(17)18/h3-7H,1-2H3,(H,17,18)(H,14,15,16). The van der Waals surface area contributed by atoms with Crippen molar-refractivity contribution in [3.8, 4) is 5.75 Å². The molecule has 0 saturated heterocycles. The number of hydrogen-bond donors (Lipinski definition) is 2. The fourth-order valence-electron chi connectivity index (χ4n) is 1.58. The number of nitrogens with one attached hydrogen (secondary N) is 1. The Hall–Kier alpha value is -2.63. The average Bonchev–Trinajstić information content (AvgIpc) is 2.39. The van der Waals surface area contributed by atoms with Crippen LogP contribution in [0, 0.1) is 6.92 Å². The second-order valence-corrected chi connectivity index (χ2v) is 3.90. The molecule has 1 aromatic carbocycles. The van der Waals surface area contributed by atoms with E-state index < -0.39 is 5.97 Å². The highest BCUT2D eigenvalue weighted by atomic mass is 16.5. The SMILES string of the molecule is COc1ccc(C)cc1Nc1nccc(C(=O)O)n1. The number of rotatable bonds is 4. The molecule has 0 fully saturated rings. The zero-order chi connectivity index (χ0) is 13.8. The molecule has 0 aliphatic rings. The zero-order valence-electron chi connectivity index (χ0n) is 10.5. The number of hydrogen-bond acceptors (Lipinski definition) is 5. The van der Waals surface area contributed by atoms with Crippen molar-refractivity contribution >= 4 is 17.6 Å². The van der Waals surface area contributed by atoms with Crippen LogP contribution < -0.4 is 10.1 Å². The number of carbonyl (C=O) groups is 1. The van der Waals surface area contributed by atoms with Crippen LogP contribution in [0.15, 0.2) is 30.5 Å². The van der Waals surface area contributed by atoms with Crippen molar-refractivity contribution in [3.63, 3.8) is 0 Å². The maximum absolute atomic E-state index is 10.8. The Bertz CT molecular complexity index is 614. The Morgan fingerprint density at radius 1 is 1.37 bits per heavy atom. The summed E-state index contributed by atoms with van der Waals surface area (Å²) >= 11 is 0. The molecule has 0 unspecified atom stereocenters. The molecule has 6 heteroatoms. The Balaban J connectivity index is 2.33. The van der Waals surface area contributed by atoms with Gasteiger partial charge in [-0.05, 0) is 30.7 Å². The molecule has 19 heavy (non-hydrogen) atoms. The van der Waals surface area contributed by atoms with Gasteiger partial charge in [-0.15, -0.1) is 0 Å². The smallest absolute Gasteiger partial charge is 0.354 e. The minimum absolute atomic E-state index is 0.0656. The first-order valence-corrected chi connectivity index (χ1v) is 5.58. The van der Waals surface area contributed by atoms with E-state index in [0.717, 1.165) is 5.56 Å². The number of benzene rings is 1. The van der Waals surface area contributed by atoms with Crippen LogP contribution in [0.2, 0.25) is 0 Å². The molecule has 0 spiro atoms. The van der Waals surface area contributed by atoms with Crippen molar-refractivity contribution in [2.45, 2.75) is 6.92 Å². The van der Waals surface area contributed by atoms with Gasteiger partial charge in [-0.2, -0.15) is 0 Å². The van der Waals surface area contributed by atoms with E-state index in [1.807, 2.05) is 25.1 Å². The summed E-state index contributed by atoms with van der Waals surface area (Å²) in [7, 11) is 1.56. The van der Waals surface area contributed by atoms with Gasteiger partial charge in [0.2, 0.25) is 5.95 Å². The van der Waals surface area contributed by atoms with Crippen LogP contribution in [0.4, 0.5) is 11.6 Å². The molecule has 2 N–H and O–H groups in total. The van der Waals surface area contributed by atoms with Crippen LogP contribution in [-0.2, 0) is 0 Å². The van der Waals surface area contributed by atoms with E-state index in [0.29, 0.717) is 11.4 Å². The summed E-state index contributed by atoms with van der Waals surface area (Å²) in [5.41, 5.74) is 1.66. The fraction of sp³-hybridized carbons (Fsp3) is 0.154. The summed E-state index contributed by atoms with van der Waals surface area (Å²) in [4.78, 5) is 18.7. The number of aromatic nitrogens is 2. The van der Waals surface area contributed by atoms with Gasteiger partial charge < -0.3 is 15.2 Å². The second-order valence-electron chi connectivity index (χ2n) is 3.90. The van der Waals surface area contributed by atoms with E-state index in [2.05, 4.69) is 15.3 Å². The fourth-order valence-corrected chi connectivity index (χ4v) is 1.58. The average molecular weight is 259 g/mol. The van der Waals surface area contributed by atoms with Crippen LogP contribution in [0.3, 0.4) is 0 Å². The monoisotopic (exact) mass is 259 g/mol. The van der Waals surface area contributed by atoms with Gasteiger partial charge in [0.25, 0.3) is 0 Å². The lowest BCUT2D eigenvalue weighted by Crippen LogP contribution is -2.05. The quantitative estimate of drug-likeness (QED) is 0.875. The topological polar surface area (TPSA) is 84.3 Å². The van der Waals surface area contributed by atoms with E-state index in [1.165, 1.54) is 12.3 Å². The van der Waals surface area contributed by atoms with Gasteiger partial charge in [-0.3, -0.25) is 0 Å². The summed E-state index contributed by atoms with van der Waals surface area (Å²) in [6.07, 6.45) is 1.39. The third-order valence-electron chi connectivity index (χ3n) is 2.48. The molecule has 0 bridgehead atoms. The lowest BCUT2D eigenvalue weighted by Gasteiger charge is -2.10. The van der Waals surface area contributed by atoms with Crippen molar-refractivity contribution in [1.82, 2.24) is 9.97 Å². The van der Waals surface area contributed by atoms with Gasteiger partial charge in [0.15, 0.2) is 5.69 Å². The largest absolute Gasteiger partial charge is 0.495 e. The minimum atomic E-state index is -1.10. The van der Waals surface area contributed by atoms with Gasteiger partial charge in [-0.25, -0.2) is 14.8 Å². The zero-order valence-corrected chi connectivity index (χ0v) is 10.5. The number of aromatic carboxylic acids is 1. The first-order chi connectivity index (χ1) is 9.10. The van der Waals surface area contributed by atoms with Crippen molar-refractivity contribution < 1.29 is 14.6 Å². The second kappa shape index (κ2) is 5.34. The van der Waals surface area contributed by atoms with Gasteiger partial charge in [0, 0.05) is 6.20 Å². The predicted octanol–water partition coefficient (Wildman–Crippen LogP) is 2.24. The number of methoxy groups -OCH3 is 1. The van der Waals surface area contributed by atoms with Crippen LogP contribution in [0.5, 0.6) is 5.75 Å². The van der Waals surface area contributed by atoms with Gasteiger partial charge in [0.1, 0.15) is 5.75 Å². The summed E-state index contributed by atoms with van der Waals surface area (Å²) < 4.78 is 5.22. The molecule has 2 rings (SSSR count). The number of carboxylic acid groups (broad SMARTS) is 1. The van der Waals surface area contributed by atoms with Crippen molar-refractivity contribution in [2.75, 3.05) is 12.4 Å². The molecule has 0 aliphatic heterocycles. The lowest BCUT2D eigenvalue weighted by molar-refractivity contribution is 0.0690. The normalized spacial score (nSPS) is 10.0. The van der Waals surface area contributed by atoms with E-state index in [4.69, 9.17) is 9.84 Å². The molecule has 2 aromatic rings. The maximum atomic E-state index is 10.8. The van der Waals surface area contributed by atoms with Gasteiger partial charge in [0.05, 0.1) is 12.8 Å². The third kappa shape index (κ3) is 2.98. The summed E-state index contributed by atoms with van der Waals surface area (Å²) in [5.74, 6) is -0.250. The molecular weight excluding hydrogens is 246 g/mol. The van der Waals surface area contributed by atoms with Crippen molar-refractivity contribution in [3.05, 3.63) is 41.7 Å². The Labute approximate surface area is 110 Å². The first kappa shape index (κ1) is 12.8. The molecule has 6 nitrogen and oxygen atoms in total. The van der Waals surface area contributed by atoms with Crippen LogP contribution in [-0.4, -0.2) is 28.2 Å². The van der Waals surface area contributed by atoms with Gasteiger partial charge >= 0.3 is 5.97 Å². The number of aryl methyl sites for hydroxylation is 1. The Morgan fingerprint density at radius 3 is 2.84 bits per heavy atom. The Morgan fingerprint density at radius 2 is 2.16 bits per heavy atom. The predicted molar refractivity (Wildman–Crippen MR) is 70.0 cm³/mol. The number of nitrogens with zero attached hydrogens (tertiary/aromatic N) is 2. The number of ether oxygens (including phenoxy) is 1. The number of anilines is 2. The summed E-state index contributed by atoms with van der Waals surface area (Å²) in [5, 5.41) is 11.8. The van der Waals surface area contributed by atoms with Crippen LogP contribution in [0.1, 0.15) is 16.1 Å². The van der Waals surface area contributed by atoms with Crippen molar-refractivity contribution in [2.24, 2.45) is 0 Å². The third-order valence-corrected chi connectivity index (χ3v) is 2.48. The first-order valence-electron chi connectivity index (χ1n) is 5.58. The van der Waals surface area contributed by atoms with E-state index in [-0.39, 0.29) is 11.6 Å². The molecule has 0 aliphatic carbocycles. The number of carboxylic acids is 1. The van der Waals surface area contributed by atoms with E-state index >= 15 is 0 Å². The molecule has 1 aromatic heterocycles. The van der Waals surface area contributed by atoms with Gasteiger partial charge in [-0.1, -0.05) is 6.07 Å². The van der Waals surface area contributed by atoms with Crippen LogP contribution >= 0.6 is 0 Å². The highest BCUT2D eigenvalue weighted by Crippen LogP contribution is 2.27. The highest BCUT2D eigenvalue weighted by molar-refractivity contribution is 5.85. The summed E-state index contributed by atoms with van der Waals surface area (Å²) in [6, 6.07) is 6.94. The van der Waals surface area contributed by atoms with Crippen molar-refractivity contribution in [1.29, 1.82) is 0 Å². The van der Waals surface area contributed by atoms with E-state index in [9.17, 15) is 4.79 Å². The maximum Gasteiger partial charge on any atom is 0.354 e. The molecule has 1 heterocycles. The molecular formula is C13H13N3O3. The molecule has 0 atom stereocenters. The molecule has 0 saturated carbocycles. The highest BCUT2D eigenvalue weighted by Gasteiger charge is 2.08. The molecule has 98 valence electrons. The molecule has 0 amide bonds. The van der Waals surface area contributed by atoms with E-state index in [1.54, 1.807) is 7.11 Å². The van der Waals surface area contributed by atoms with Crippen LogP contribution in [0.25, 0.3) is 0 Å². The molecule has 0 radical (unpaired) electrons. The minimum Gasteiger partial charge on any atom is -0.495 e.